The van der Waals surface area contributed by atoms with Gasteiger partial charge in [0.2, 0.25) is 11.8 Å². The van der Waals surface area contributed by atoms with Crippen LogP contribution in [0.5, 0.6) is 5.75 Å². The van der Waals surface area contributed by atoms with Crippen molar-refractivity contribution in [1.29, 1.82) is 0 Å². The zero-order valence-corrected chi connectivity index (χ0v) is 17.7. The average Bonchev–Trinajstić information content (AvgIpc) is 2.69. The lowest BCUT2D eigenvalue weighted by atomic mass is 10.1. The molecule has 0 aliphatic rings. The second kappa shape index (κ2) is 10.8. The van der Waals surface area contributed by atoms with Crippen LogP contribution in [0.2, 0.25) is 10.0 Å². The lowest BCUT2D eigenvalue weighted by molar-refractivity contribution is -0.133. The first-order chi connectivity index (χ1) is 13.8. The van der Waals surface area contributed by atoms with Crippen molar-refractivity contribution in [3.8, 4) is 5.75 Å². The fraction of sp³-hybridized carbons (Fsp3) is 0.286. The van der Waals surface area contributed by atoms with Gasteiger partial charge in [0.05, 0.1) is 28.9 Å². The number of Topliss-reactive ketones (excluding diaryl/α,β-unsaturated/α-hetero) is 1. The first-order valence-corrected chi connectivity index (χ1v) is 9.81. The van der Waals surface area contributed by atoms with Gasteiger partial charge in [-0.25, -0.2) is 0 Å². The number of hydrogen-bond donors (Lipinski definition) is 1. The quantitative estimate of drug-likeness (QED) is 0.588. The summed E-state index contributed by atoms with van der Waals surface area (Å²) in [7, 11) is 1.50. The van der Waals surface area contributed by atoms with Gasteiger partial charge in [-0.05, 0) is 43.3 Å². The predicted molar refractivity (Wildman–Crippen MR) is 114 cm³/mol. The van der Waals surface area contributed by atoms with Gasteiger partial charge in [-0.15, -0.1) is 0 Å². The number of nitrogens with zero attached hydrogens (tertiary/aromatic N) is 1. The normalized spacial score (nSPS) is 10.3. The Morgan fingerprint density at radius 3 is 2.21 bits per heavy atom. The zero-order chi connectivity index (χ0) is 21.4. The molecule has 0 radical (unpaired) electrons. The number of para-hydroxylation sites is 1. The van der Waals surface area contributed by atoms with E-state index in [1.165, 1.54) is 11.9 Å². The number of anilines is 1. The van der Waals surface area contributed by atoms with Gasteiger partial charge in [0.25, 0.3) is 0 Å². The molecular formula is C21H22Cl2N2O4. The van der Waals surface area contributed by atoms with Gasteiger partial charge in [0.1, 0.15) is 5.75 Å². The number of ketones is 1. The molecule has 0 unspecified atom stereocenters. The highest BCUT2D eigenvalue weighted by Gasteiger charge is 2.17. The van der Waals surface area contributed by atoms with Crippen molar-refractivity contribution < 1.29 is 19.1 Å². The number of carbonyl (C=O) groups excluding carboxylic acids is 3. The fourth-order valence-corrected chi connectivity index (χ4v) is 3.05. The molecule has 0 saturated heterocycles. The molecule has 0 spiro atoms. The third-order valence-electron chi connectivity index (χ3n) is 4.09. The third kappa shape index (κ3) is 6.76. The minimum absolute atomic E-state index is 0.00265. The molecule has 2 rings (SSSR count). The van der Waals surface area contributed by atoms with Gasteiger partial charge in [-0.1, -0.05) is 29.3 Å². The number of halogens is 2. The molecule has 8 heteroatoms. The molecule has 154 valence electrons. The van der Waals surface area contributed by atoms with Crippen LogP contribution in [0.3, 0.4) is 0 Å². The van der Waals surface area contributed by atoms with Gasteiger partial charge in [-0.3, -0.25) is 14.4 Å². The summed E-state index contributed by atoms with van der Waals surface area (Å²) in [4.78, 5) is 38.0. The largest absolute Gasteiger partial charge is 0.494 e. The van der Waals surface area contributed by atoms with E-state index in [4.69, 9.17) is 27.9 Å². The molecule has 2 aromatic carbocycles. The Morgan fingerprint density at radius 1 is 1.00 bits per heavy atom. The van der Waals surface area contributed by atoms with Crippen LogP contribution >= 0.6 is 23.2 Å². The number of benzene rings is 2. The highest BCUT2D eigenvalue weighted by molar-refractivity contribution is 6.39. The number of amides is 2. The van der Waals surface area contributed by atoms with Gasteiger partial charge >= 0.3 is 0 Å². The molecule has 0 atom stereocenters. The van der Waals surface area contributed by atoms with Crippen LogP contribution in [0.1, 0.15) is 30.1 Å². The van der Waals surface area contributed by atoms with Crippen LogP contribution in [0.25, 0.3) is 0 Å². The predicted octanol–water partition coefficient (Wildman–Crippen LogP) is 4.45. The number of likely N-dealkylation sites (N-methyl/N-ethyl adjacent to an activating group) is 1. The second-order valence-electron chi connectivity index (χ2n) is 6.28. The van der Waals surface area contributed by atoms with Gasteiger partial charge in [0, 0.05) is 25.5 Å². The van der Waals surface area contributed by atoms with E-state index in [1.54, 1.807) is 42.5 Å². The molecule has 29 heavy (non-hydrogen) atoms. The monoisotopic (exact) mass is 436 g/mol. The van der Waals surface area contributed by atoms with E-state index in [0.29, 0.717) is 33.7 Å². The van der Waals surface area contributed by atoms with Crippen molar-refractivity contribution in [1.82, 2.24) is 4.90 Å². The molecule has 0 bridgehead atoms. The van der Waals surface area contributed by atoms with E-state index in [1.807, 2.05) is 6.92 Å². The zero-order valence-electron chi connectivity index (χ0n) is 16.2. The lowest BCUT2D eigenvalue weighted by Gasteiger charge is -2.17. The molecule has 1 N–H and O–H groups in total. The first kappa shape index (κ1) is 22.7. The summed E-state index contributed by atoms with van der Waals surface area (Å²) in [5.41, 5.74) is 0.808. The van der Waals surface area contributed by atoms with Crippen molar-refractivity contribution in [3.05, 3.63) is 58.1 Å². The van der Waals surface area contributed by atoms with Crippen molar-refractivity contribution in [2.24, 2.45) is 0 Å². The molecule has 0 saturated carbocycles. The SMILES string of the molecule is CCOc1ccc(C(=O)CCC(=O)N(C)CC(=O)Nc2c(Cl)cccc2Cl)cc1. The maximum absolute atomic E-state index is 12.3. The van der Waals surface area contributed by atoms with Crippen molar-refractivity contribution in [2.75, 3.05) is 25.5 Å². The van der Waals surface area contributed by atoms with E-state index < -0.39 is 5.91 Å². The number of hydrogen-bond acceptors (Lipinski definition) is 4. The van der Waals surface area contributed by atoms with Crippen LogP contribution in [0, 0.1) is 0 Å². The molecule has 0 aliphatic carbocycles. The molecule has 0 heterocycles. The van der Waals surface area contributed by atoms with Crippen LogP contribution in [-0.4, -0.2) is 42.7 Å². The topological polar surface area (TPSA) is 75.7 Å². The van der Waals surface area contributed by atoms with E-state index in [-0.39, 0.29) is 31.1 Å². The van der Waals surface area contributed by atoms with E-state index in [9.17, 15) is 14.4 Å². The van der Waals surface area contributed by atoms with E-state index in [2.05, 4.69) is 5.32 Å². The van der Waals surface area contributed by atoms with Crippen LogP contribution < -0.4 is 10.1 Å². The van der Waals surface area contributed by atoms with Crippen molar-refractivity contribution >= 4 is 46.5 Å². The Bertz CT molecular complexity index is 864. The Labute approximate surface area is 179 Å². The second-order valence-corrected chi connectivity index (χ2v) is 7.09. The average molecular weight is 437 g/mol. The van der Waals surface area contributed by atoms with Crippen molar-refractivity contribution in [2.45, 2.75) is 19.8 Å². The summed E-state index contributed by atoms with van der Waals surface area (Å²) in [6, 6.07) is 11.6. The first-order valence-electron chi connectivity index (χ1n) is 9.05. The summed E-state index contributed by atoms with van der Waals surface area (Å²) in [5.74, 6) is -0.218. The standard InChI is InChI=1S/C21H22Cl2N2O4/c1-3-29-15-9-7-14(8-10-15)18(26)11-12-20(28)25(2)13-19(27)24-21-16(22)5-4-6-17(21)23/h4-10H,3,11-13H2,1-2H3,(H,24,27). The smallest absolute Gasteiger partial charge is 0.244 e. The Balaban J connectivity index is 1.83. The molecular weight excluding hydrogens is 415 g/mol. The van der Waals surface area contributed by atoms with Crippen LogP contribution in [0.4, 0.5) is 5.69 Å². The maximum Gasteiger partial charge on any atom is 0.244 e. The summed E-state index contributed by atoms with van der Waals surface area (Å²) < 4.78 is 5.34. The summed E-state index contributed by atoms with van der Waals surface area (Å²) in [6.07, 6.45) is 0.0534. The highest BCUT2D eigenvalue weighted by Crippen LogP contribution is 2.29. The Hall–Kier alpha value is -2.57. The molecule has 0 fully saturated rings. The number of rotatable bonds is 9. The highest BCUT2D eigenvalue weighted by atomic mass is 35.5. The Kier molecular flexibility index (Phi) is 8.49. The van der Waals surface area contributed by atoms with Gasteiger partial charge in [-0.2, -0.15) is 0 Å². The molecule has 6 nitrogen and oxygen atoms in total. The van der Waals surface area contributed by atoms with Crippen LogP contribution in [0.15, 0.2) is 42.5 Å². The van der Waals surface area contributed by atoms with Crippen LogP contribution in [-0.2, 0) is 9.59 Å². The fourth-order valence-electron chi connectivity index (χ4n) is 2.56. The minimum Gasteiger partial charge on any atom is -0.494 e. The lowest BCUT2D eigenvalue weighted by Crippen LogP contribution is -2.35. The maximum atomic E-state index is 12.3. The van der Waals surface area contributed by atoms with Gasteiger partial charge in [0.15, 0.2) is 5.78 Å². The summed E-state index contributed by atoms with van der Waals surface area (Å²) in [6.45, 7) is 2.24. The Morgan fingerprint density at radius 2 is 1.62 bits per heavy atom. The third-order valence-corrected chi connectivity index (χ3v) is 4.72. The van der Waals surface area contributed by atoms with Crippen molar-refractivity contribution in [3.63, 3.8) is 0 Å². The van der Waals surface area contributed by atoms with Gasteiger partial charge < -0.3 is 15.0 Å². The number of ether oxygens (including phenoxy) is 1. The number of nitrogens with one attached hydrogen (secondary N) is 1. The molecule has 2 aromatic rings. The molecule has 2 amide bonds. The van der Waals surface area contributed by atoms with E-state index in [0.717, 1.165) is 0 Å². The molecule has 0 aliphatic heterocycles. The minimum atomic E-state index is -0.436. The van der Waals surface area contributed by atoms with E-state index >= 15 is 0 Å². The summed E-state index contributed by atoms with van der Waals surface area (Å²) in [5, 5.41) is 3.21. The summed E-state index contributed by atoms with van der Waals surface area (Å²) >= 11 is 12.0. The molecule has 0 aromatic heterocycles. The number of carbonyl (C=O) groups is 3.